The van der Waals surface area contributed by atoms with Gasteiger partial charge in [-0.15, -0.1) is 0 Å². The third kappa shape index (κ3) is 1.78. The average Bonchev–Trinajstić information content (AvgIpc) is 2.93. The van der Waals surface area contributed by atoms with E-state index in [0.717, 1.165) is 0 Å². The molecule has 1 unspecified atom stereocenters. The summed E-state index contributed by atoms with van der Waals surface area (Å²) in [6, 6.07) is 0. The van der Waals surface area contributed by atoms with Crippen molar-refractivity contribution in [2.24, 2.45) is 0 Å². The summed E-state index contributed by atoms with van der Waals surface area (Å²) in [5, 5.41) is 28.7. The van der Waals surface area contributed by atoms with Gasteiger partial charge in [-0.25, -0.2) is 4.98 Å². The summed E-state index contributed by atoms with van der Waals surface area (Å²) in [6.45, 7) is -0.447. The number of imidazole rings is 1. The van der Waals surface area contributed by atoms with Crippen molar-refractivity contribution in [1.82, 2.24) is 19.5 Å². The molecule has 3 heterocycles. The molecule has 0 bridgehead atoms. The second kappa shape index (κ2) is 4.52. The Morgan fingerprint density at radius 1 is 1.45 bits per heavy atom. The van der Waals surface area contributed by atoms with Gasteiger partial charge in [0.15, 0.2) is 17.4 Å². The maximum absolute atomic E-state index is 11.7. The van der Waals surface area contributed by atoms with E-state index in [1.807, 2.05) is 0 Å². The molecule has 108 valence electrons. The fourth-order valence-corrected chi connectivity index (χ4v) is 2.24. The predicted octanol–water partition coefficient (Wildman–Crippen LogP) is -2.69. The number of rotatable bonds is 2. The zero-order chi connectivity index (χ0) is 14.4. The molecule has 1 aliphatic heterocycles. The van der Waals surface area contributed by atoms with Crippen LogP contribution in [0.4, 0.5) is 5.95 Å². The summed E-state index contributed by atoms with van der Waals surface area (Å²) in [4.78, 5) is 21.8. The van der Waals surface area contributed by atoms with Crippen molar-refractivity contribution in [2.45, 2.75) is 24.5 Å². The molecule has 0 aliphatic carbocycles. The Hall–Kier alpha value is -2.01. The molecule has 1 fully saturated rings. The number of anilines is 1. The number of hydrogen-bond donors (Lipinski definition) is 5. The summed E-state index contributed by atoms with van der Waals surface area (Å²) in [5.74, 6) is -0.101. The molecule has 1 aliphatic rings. The van der Waals surface area contributed by atoms with E-state index in [-0.39, 0.29) is 17.1 Å². The number of hydrogen-bond acceptors (Lipinski definition) is 8. The minimum Gasteiger partial charge on any atom is -0.394 e. The van der Waals surface area contributed by atoms with Gasteiger partial charge in [0, 0.05) is 0 Å². The fourth-order valence-electron chi connectivity index (χ4n) is 2.24. The van der Waals surface area contributed by atoms with E-state index >= 15 is 0 Å². The van der Waals surface area contributed by atoms with Crippen LogP contribution in [0.1, 0.15) is 6.23 Å². The Morgan fingerprint density at radius 3 is 2.85 bits per heavy atom. The lowest BCUT2D eigenvalue weighted by molar-refractivity contribution is -0.0511. The molecule has 20 heavy (non-hydrogen) atoms. The van der Waals surface area contributed by atoms with Crippen LogP contribution in [0.25, 0.3) is 11.2 Å². The minimum absolute atomic E-state index is 0.0388. The number of H-pyrrole nitrogens is 1. The largest absolute Gasteiger partial charge is 0.394 e. The Labute approximate surface area is 111 Å². The Balaban J connectivity index is 2.09. The molecule has 10 heteroatoms. The standard InChI is InChI=1S/C10H13N5O5/c11-10-13-7-4(8(19)14-10)12-2-15(7)9-6(18)5(17)3(1-16)20-9/h2-3,5-6,9,16-18H,1H2,(H3,11,13,14,19)/t3-,5-,6-,9?/m1/s1. The van der Waals surface area contributed by atoms with E-state index in [9.17, 15) is 15.0 Å². The number of nitrogen functional groups attached to an aromatic ring is 1. The first-order valence-electron chi connectivity index (χ1n) is 5.87. The lowest BCUT2D eigenvalue weighted by Crippen LogP contribution is -2.33. The monoisotopic (exact) mass is 283 g/mol. The molecular weight excluding hydrogens is 270 g/mol. The lowest BCUT2D eigenvalue weighted by atomic mass is 10.1. The molecule has 2 aromatic rings. The first-order valence-corrected chi connectivity index (χ1v) is 5.87. The number of aromatic amines is 1. The maximum Gasteiger partial charge on any atom is 0.280 e. The quantitative estimate of drug-likeness (QED) is 0.398. The van der Waals surface area contributed by atoms with Crippen molar-refractivity contribution in [1.29, 1.82) is 0 Å². The second-order valence-electron chi connectivity index (χ2n) is 4.50. The lowest BCUT2D eigenvalue weighted by Gasteiger charge is -2.16. The first kappa shape index (κ1) is 13.0. The molecule has 0 aromatic carbocycles. The van der Waals surface area contributed by atoms with Crippen molar-refractivity contribution >= 4 is 17.1 Å². The van der Waals surface area contributed by atoms with E-state index in [1.165, 1.54) is 10.9 Å². The van der Waals surface area contributed by atoms with Crippen LogP contribution in [0.15, 0.2) is 11.1 Å². The van der Waals surface area contributed by atoms with Crippen LogP contribution in [-0.4, -0.2) is 59.8 Å². The second-order valence-corrected chi connectivity index (χ2v) is 4.50. The number of fused-ring (bicyclic) bond motifs is 1. The van der Waals surface area contributed by atoms with Gasteiger partial charge in [0.25, 0.3) is 5.56 Å². The van der Waals surface area contributed by atoms with Crippen LogP contribution >= 0.6 is 0 Å². The Morgan fingerprint density at radius 2 is 2.20 bits per heavy atom. The molecule has 4 atom stereocenters. The molecule has 0 radical (unpaired) electrons. The van der Waals surface area contributed by atoms with Gasteiger partial charge in [-0.05, 0) is 0 Å². The van der Waals surface area contributed by atoms with Crippen LogP contribution in [0.5, 0.6) is 0 Å². The summed E-state index contributed by atoms with van der Waals surface area (Å²) >= 11 is 0. The van der Waals surface area contributed by atoms with Gasteiger partial charge in [-0.2, -0.15) is 4.98 Å². The molecule has 0 spiro atoms. The average molecular weight is 283 g/mol. The fraction of sp³-hybridized carbons (Fsp3) is 0.500. The van der Waals surface area contributed by atoms with Crippen LogP contribution in [-0.2, 0) is 4.74 Å². The number of ether oxygens (including phenoxy) is 1. The number of nitrogens with one attached hydrogen (secondary N) is 1. The van der Waals surface area contributed by atoms with Gasteiger partial charge >= 0.3 is 0 Å². The molecule has 1 saturated heterocycles. The van der Waals surface area contributed by atoms with Gasteiger partial charge in [0.05, 0.1) is 12.9 Å². The van der Waals surface area contributed by atoms with Crippen molar-refractivity contribution in [3.05, 3.63) is 16.7 Å². The number of nitrogens with two attached hydrogens (primary N) is 1. The molecular formula is C10H13N5O5. The normalized spacial score (nSPS) is 30.1. The van der Waals surface area contributed by atoms with Crippen molar-refractivity contribution < 1.29 is 20.1 Å². The topological polar surface area (TPSA) is 160 Å². The summed E-state index contributed by atoms with van der Waals surface area (Å²) in [6.07, 6.45) is -3.21. The highest BCUT2D eigenvalue weighted by atomic mass is 16.6. The smallest absolute Gasteiger partial charge is 0.280 e. The van der Waals surface area contributed by atoms with Crippen molar-refractivity contribution in [3.8, 4) is 0 Å². The van der Waals surface area contributed by atoms with E-state index in [0.29, 0.717) is 0 Å². The van der Waals surface area contributed by atoms with Crippen molar-refractivity contribution in [3.63, 3.8) is 0 Å². The molecule has 3 rings (SSSR count). The molecule has 10 nitrogen and oxygen atoms in total. The Kier molecular flexibility index (Phi) is 2.94. The van der Waals surface area contributed by atoms with Crippen LogP contribution in [0, 0.1) is 0 Å². The number of nitrogens with zero attached hydrogens (tertiary/aromatic N) is 3. The molecule has 0 saturated carbocycles. The van der Waals surface area contributed by atoms with Crippen LogP contribution in [0.2, 0.25) is 0 Å². The van der Waals surface area contributed by atoms with Gasteiger partial charge in [0.1, 0.15) is 18.3 Å². The van der Waals surface area contributed by atoms with Crippen LogP contribution < -0.4 is 11.3 Å². The van der Waals surface area contributed by atoms with Gasteiger partial charge < -0.3 is 25.8 Å². The number of aliphatic hydroxyl groups is 3. The SMILES string of the molecule is Nc1nc2c(ncn2C2O[C@H](CO)[C@@H](O)[C@H]2O)c(=O)[nH]1. The zero-order valence-electron chi connectivity index (χ0n) is 10.2. The molecule has 0 amide bonds. The van der Waals surface area contributed by atoms with Gasteiger partial charge in [0.2, 0.25) is 5.95 Å². The van der Waals surface area contributed by atoms with Gasteiger partial charge in [-0.1, -0.05) is 0 Å². The minimum atomic E-state index is -1.29. The van der Waals surface area contributed by atoms with E-state index in [1.54, 1.807) is 0 Å². The highest BCUT2D eigenvalue weighted by Crippen LogP contribution is 2.30. The third-order valence-corrected chi connectivity index (χ3v) is 3.24. The van der Waals surface area contributed by atoms with E-state index < -0.39 is 36.7 Å². The molecule has 6 N–H and O–H groups in total. The molecule has 2 aromatic heterocycles. The van der Waals surface area contributed by atoms with E-state index in [2.05, 4.69) is 15.0 Å². The summed E-state index contributed by atoms with van der Waals surface area (Å²) < 4.78 is 6.64. The highest BCUT2D eigenvalue weighted by molar-refractivity contribution is 5.70. The van der Waals surface area contributed by atoms with Gasteiger partial charge in [-0.3, -0.25) is 14.3 Å². The summed E-state index contributed by atoms with van der Waals surface area (Å²) in [5.41, 5.74) is 5.12. The predicted molar refractivity (Wildman–Crippen MR) is 65.6 cm³/mol. The first-order chi connectivity index (χ1) is 9.52. The highest BCUT2D eigenvalue weighted by Gasteiger charge is 2.44. The van der Waals surface area contributed by atoms with Crippen LogP contribution in [0.3, 0.4) is 0 Å². The Bertz CT molecular complexity index is 697. The zero-order valence-corrected chi connectivity index (χ0v) is 10.2. The maximum atomic E-state index is 11.7. The number of aromatic nitrogens is 4. The van der Waals surface area contributed by atoms with E-state index in [4.69, 9.17) is 15.6 Å². The summed E-state index contributed by atoms with van der Waals surface area (Å²) in [7, 11) is 0. The number of aliphatic hydroxyl groups excluding tert-OH is 3. The third-order valence-electron chi connectivity index (χ3n) is 3.24. The van der Waals surface area contributed by atoms with Crippen molar-refractivity contribution in [2.75, 3.05) is 12.3 Å².